The highest BCUT2D eigenvalue weighted by atomic mass is 16.5. The molecule has 1 aromatic carbocycles. The van der Waals surface area contributed by atoms with Crippen molar-refractivity contribution >= 4 is 5.97 Å². The van der Waals surface area contributed by atoms with Crippen LogP contribution in [0, 0.1) is 26.7 Å². The number of carbonyl (C=O) groups is 1. The molecule has 0 spiro atoms. The third-order valence-electron chi connectivity index (χ3n) is 4.79. The Labute approximate surface area is 150 Å². The van der Waals surface area contributed by atoms with E-state index >= 15 is 0 Å². The monoisotopic (exact) mass is 349 g/mol. The third-order valence-corrected chi connectivity index (χ3v) is 4.79. The van der Waals surface area contributed by atoms with Gasteiger partial charge in [-0.05, 0) is 69.8 Å². The first kappa shape index (κ1) is 19.7. The van der Waals surface area contributed by atoms with Crippen LogP contribution >= 0.6 is 0 Å². The number of benzene rings is 1. The Kier molecular flexibility index (Phi) is 7.26. The summed E-state index contributed by atoms with van der Waals surface area (Å²) < 4.78 is 11.0. The van der Waals surface area contributed by atoms with Crippen LogP contribution in [0.15, 0.2) is 12.1 Å². The maximum atomic E-state index is 11.9. The Morgan fingerprint density at radius 3 is 2.84 bits per heavy atom. The van der Waals surface area contributed by atoms with Crippen LogP contribution in [0.2, 0.25) is 0 Å². The van der Waals surface area contributed by atoms with Crippen LogP contribution in [0.5, 0.6) is 5.75 Å². The second-order valence-electron chi connectivity index (χ2n) is 7.02. The number of hydrogen-bond donors (Lipinski definition) is 1. The largest absolute Gasteiger partial charge is 0.491 e. The van der Waals surface area contributed by atoms with Crippen LogP contribution < -0.4 is 4.74 Å². The van der Waals surface area contributed by atoms with Gasteiger partial charge in [-0.25, -0.2) is 0 Å². The molecule has 25 heavy (non-hydrogen) atoms. The van der Waals surface area contributed by atoms with Crippen LogP contribution in [0.25, 0.3) is 0 Å². The quantitative estimate of drug-likeness (QED) is 0.767. The number of ether oxygens (including phenoxy) is 2. The number of nitrogens with zero attached hydrogens (tertiary/aromatic N) is 1. The molecule has 0 amide bonds. The highest BCUT2D eigenvalue weighted by Gasteiger charge is 2.27. The summed E-state index contributed by atoms with van der Waals surface area (Å²) in [7, 11) is 0. The van der Waals surface area contributed by atoms with Crippen molar-refractivity contribution in [1.29, 1.82) is 0 Å². The molecule has 0 radical (unpaired) electrons. The molecule has 1 heterocycles. The number of β-amino-alcohol motifs (C(OH)–C–C–N with tert-alkyl or cyclic N) is 1. The lowest BCUT2D eigenvalue weighted by Gasteiger charge is -2.32. The van der Waals surface area contributed by atoms with Gasteiger partial charge >= 0.3 is 5.97 Å². The Bertz CT molecular complexity index is 587. The maximum absolute atomic E-state index is 11.9. The maximum Gasteiger partial charge on any atom is 0.310 e. The van der Waals surface area contributed by atoms with Crippen LogP contribution in [0.4, 0.5) is 0 Å². The second-order valence-corrected chi connectivity index (χ2v) is 7.02. The molecule has 5 heteroatoms. The van der Waals surface area contributed by atoms with Gasteiger partial charge in [0.15, 0.2) is 0 Å². The number of piperidine rings is 1. The summed E-state index contributed by atoms with van der Waals surface area (Å²) in [5.74, 6) is 0.631. The molecule has 0 aliphatic carbocycles. The Hall–Kier alpha value is -1.59. The minimum Gasteiger partial charge on any atom is -0.491 e. The fourth-order valence-electron chi connectivity index (χ4n) is 3.36. The zero-order valence-corrected chi connectivity index (χ0v) is 15.9. The summed E-state index contributed by atoms with van der Waals surface area (Å²) >= 11 is 0. The molecule has 1 aromatic rings. The smallest absolute Gasteiger partial charge is 0.310 e. The molecule has 1 saturated heterocycles. The standard InChI is InChI=1S/C20H31NO4/c1-5-24-20(23)17-7-6-8-21(11-17)12-18(22)13-25-19-10-14(2)9-15(3)16(19)4/h9-10,17-18,22H,5-8,11-13H2,1-4H3. The molecule has 2 unspecified atom stereocenters. The average Bonchev–Trinajstić information content (AvgIpc) is 2.57. The molecule has 2 rings (SSSR count). The van der Waals surface area contributed by atoms with E-state index in [0.717, 1.165) is 36.3 Å². The summed E-state index contributed by atoms with van der Waals surface area (Å²) in [6.45, 7) is 10.7. The van der Waals surface area contributed by atoms with Crippen molar-refractivity contribution in [3.05, 3.63) is 28.8 Å². The summed E-state index contributed by atoms with van der Waals surface area (Å²) in [6.07, 6.45) is 1.23. The van der Waals surface area contributed by atoms with Crippen molar-refractivity contribution in [3.8, 4) is 5.75 Å². The lowest BCUT2D eigenvalue weighted by molar-refractivity contribution is -0.150. The molecule has 1 N–H and O–H groups in total. The van der Waals surface area contributed by atoms with Crippen molar-refractivity contribution in [2.45, 2.75) is 46.6 Å². The number of hydrogen-bond acceptors (Lipinski definition) is 5. The molecule has 0 saturated carbocycles. The first-order chi connectivity index (χ1) is 11.9. The van der Waals surface area contributed by atoms with Gasteiger partial charge in [-0.3, -0.25) is 9.69 Å². The molecule has 0 bridgehead atoms. The van der Waals surface area contributed by atoms with Crippen molar-refractivity contribution in [1.82, 2.24) is 4.90 Å². The van der Waals surface area contributed by atoms with Gasteiger partial charge in [0.25, 0.3) is 0 Å². The van der Waals surface area contributed by atoms with Gasteiger partial charge in [-0.1, -0.05) is 6.07 Å². The Morgan fingerprint density at radius 1 is 1.36 bits per heavy atom. The van der Waals surface area contributed by atoms with Crippen LogP contribution in [-0.2, 0) is 9.53 Å². The number of rotatable bonds is 7. The lowest BCUT2D eigenvalue weighted by Crippen LogP contribution is -2.44. The number of likely N-dealkylation sites (tertiary alicyclic amines) is 1. The average molecular weight is 349 g/mol. The van der Waals surface area contributed by atoms with Gasteiger partial charge in [0.2, 0.25) is 0 Å². The molecular formula is C20H31NO4. The summed E-state index contributed by atoms with van der Waals surface area (Å²) in [5, 5.41) is 10.3. The minimum atomic E-state index is -0.582. The number of aryl methyl sites for hydroxylation is 2. The predicted octanol–water partition coefficient (Wildman–Crippen LogP) is 2.63. The normalized spacial score (nSPS) is 19.5. The van der Waals surface area contributed by atoms with Gasteiger partial charge in [-0.2, -0.15) is 0 Å². The zero-order chi connectivity index (χ0) is 18.4. The van der Waals surface area contributed by atoms with Gasteiger partial charge in [0.1, 0.15) is 18.5 Å². The molecule has 1 aliphatic heterocycles. The fraction of sp³-hybridized carbons (Fsp3) is 0.650. The zero-order valence-electron chi connectivity index (χ0n) is 15.9. The van der Waals surface area contributed by atoms with E-state index in [4.69, 9.17) is 9.47 Å². The molecule has 5 nitrogen and oxygen atoms in total. The van der Waals surface area contributed by atoms with Crippen LogP contribution in [0.1, 0.15) is 36.5 Å². The number of aliphatic hydroxyl groups is 1. The first-order valence-electron chi connectivity index (χ1n) is 9.18. The molecule has 1 fully saturated rings. The third kappa shape index (κ3) is 5.72. The molecule has 2 atom stereocenters. The van der Waals surface area contributed by atoms with Crippen molar-refractivity contribution < 1.29 is 19.4 Å². The summed E-state index contributed by atoms with van der Waals surface area (Å²) in [5.41, 5.74) is 3.46. The highest BCUT2D eigenvalue weighted by molar-refractivity contribution is 5.72. The van der Waals surface area contributed by atoms with Crippen LogP contribution in [-0.4, -0.2) is 54.9 Å². The summed E-state index contributed by atoms with van der Waals surface area (Å²) in [6, 6.07) is 4.13. The summed E-state index contributed by atoms with van der Waals surface area (Å²) in [4.78, 5) is 14.0. The van der Waals surface area contributed by atoms with E-state index in [0.29, 0.717) is 19.7 Å². The van der Waals surface area contributed by atoms with E-state index in [2.05, 4.69) is 17.9 Å². The van der Waals surface area contributed by atoms with E-state index in [1.165, 1.54) is 5.56 Å². The van der Waals surface area contributed by atoms with Crippen molar-refractivity contribution in [2.24, 2.45) is 5.92 Å². The first-order valence-corrected chi connectivity index (χ1v) is 9.18. The number of aliphatic hydroxyl groups excluding tert-OH is 1. The molecule has 0 aromatic heterocycles. The highest BCUT2D eigenvalue weighted by Crippen LogP contribution is 2.23. The number of carbonyl (C=O) groups excluding carboxylic acids is 1. The number of esters is 1. The minimum absolute atomic E-state index is 0.0801. The fourth-order valence-corrected chi connectivity index (χ4v) is 3.36. The Balaban J connectivity index is 1.84. The van der Waals surface area contributed by atoms with Gasteiger partial charge < -0.3 is 14.6 Å². The predicted molar refractivity (Wildman–Crippen MR) is 98.0 cm³/mol. The second kappa shape index (κ2) is 9.20. The van der Waals surface area contributed by atoms with E-state index < -0.39 is 6.10 Å². The SMILES string of the molecule is CCOC(=O)C1CCCN(CC(O)COc2cc(C)cc(C)c2C)C1. The molecule has 1 aliphatic rings. The lowest BCUT2D eigenvalue weighted by atomic mass is 9.98. The van der Waals surface area contributed by atoms with E-state index in [9.17, 15) is 9.90 Å². The van der Waals surface area contributed by atoms with E-state index in [-0.39, 0.29) is 18.5 Å². The van der Waals surface area contributed by atoms with Crippen LogP contribution in [0.3, 0.4) is 0 Å². The van der Waals surface area contributed by atoms with E-state index in [1.54, 1.807) is 0 Å². The van der Waals surface area contributed by atoms with Crippen molar-refractivity contribution in [2.75, 3.05) is 32.8 Å². The Morgan fingerprint density at radius 2 is 2.12 bits per heavy atom. The van der Waals surface area contributed by atoms with Gasteiger partial charge in [0.05, 0.1) is 12.5 Å². The topological polar surface area (TPSA) is 59.0 Å². The molecular weight excluding hydrogens is 318 g/mol. The van der Waals surface area contributed by atoms with Gasteiger partial charge in [-0.15, -0.1) is 0 Å². The van der Waals surface area contributed by atoms with E-state index in [1.807, 2.05) is 26.8 Å². The van der Waals surface area contributed by atoms with Crippen molar-refractivity contribution in [3.63, 3.8) is 0 Å². The van der Waals surface area contributed by atoms with Gasteiger partial charge in [0, 0.05) is 13.1 Å². The molecule has 140 valence electrons.